The third-order valence-corrected chi connectivity index (χ3v) is 3.68. The standard InChI is InChI=1S/C9H9NO3.C7H7Cl2N/c1-13-8-3-2-6(9(10)12)4-7(8)5-11;1-10-6-4-2-3-5(8)7(6)9/h2-5H,1H3,(H2,10,12);2-4,10H,1H3. The number of primary amides is 1. The Hall–Kier alpha value is -2.24. The van der Waals surface area contributed by atoms with Crippen molar-refractivity contribution in [2.45, 2.75) is 0 Å². The second-order valence-electron chi connectivity index (χ2n) is 4.29. The molecular weight excluding hydrogens is 339 g/mol. The molecule has 0 spiro atoms. The molecule has 2 aromatic rings. The van der Waals surface area contributed by atoms with Crippen molar-refractivity contribution in [3.05, 3.63) is 57.6 Å². The van der Waals surface area contributed by atoms with Gasteiger partial charge in [-0.1, -0.05) is 29.3 Å². The monoisotopic (exact) mass is 354 g/mol. The number of carbonyl (C=O) groups is 2. The van der Waals surface area contributed by atoms with Gasteiger partial charge < -0.3 is 15.8 Å². The van der Waals surface area contributed by atoms with E-state index in [1.165, 1.54) is 25.3 Å². The van der Waals surface area contributed by atoms with Crippen molar-refractivity contribution in [1.82, 2.24) is 0 Å². The fourth-order valence-electron chi connectivity index (χ4n) is 1.68. The van der Waals surface area contributed by atoms with Crippen LogP contribution in [0.1, 0.15) is 20.7 Å². The number of hydrogen-bond donors (Lipinski definition) is 2. The van der Waals surface area contributed by atoms with Crippen LogP contribution in [0.2, 0.25) is 10.0 Å². The summed E-state index contributed by atoms with van der Waals surface area (Å²) in [6, 6.07) is 9.91. The molecule has 0 radical (unpaired) electrons. The van der Waals surface area contributed by atoms with Crippen molar-refractivity contribution in [2.24, 2.45) is 5.73 Å². The van der Waals surface area contributed by atoms with Gasteiger partial charge in [-0.25, -0.2) is 0 Å². The summed E-state index contributed by atoms with van der Waals surface area (Å²) < 4.78 is 4.89. The number of carbonyl (C=O) groups excluding carboxylic acids is 2. The summed E-state index contributed by atoms with van der Waals surface area (Å²) in [6.45, 7) is 0. The molecule has 0 saturated heterocycles. The van der Waals surface area contributed by atoms with Crippen molar-refractivity contribution < 1.29 is 14.3 Å². The van der Waals surface area contributed by atoms with Crippen molar-refractivity contribution in [3.8, 4) is 5.75 Å². The highest BCUT2D eigenvalue weighted by Gasteiger charge is 2.06. The first-order chi connectivity index (χ1) is 10.9. The Balaban J connectivity index is 0.000000238. The zero-order valence-electron chi connectivity index (χ0n) is 12.6. The Morgan fingerprint density at radius 3 is 2.43 bits per heavy atom. The fourth-order valence-corrected chi connectivity index (χ4v) is 2.07. The highest BCUT2D eigenvalue weighted by Crippen LogP contribution is 2.28. The molecule has 0 fully saturated rings. The van der Waals surface area contributed by atoms with Gasteiger partial charge in [0.2, 0.25) is 5.91 Å². The molecule has 0 bridgehead atoms. The summed E-state index contributed by atoms with van der Waals surface area (Å²) in [6.07, 6.45) is 0.616. The van der Waals surface area contributed by atoms with Gasteiger partial charge in [-0.15, -0.1) is 0 Å². The van der Waals surface area contributed by atoms with E-state index >= 15 is 0 Å². The van der Waals surface area contributed by atoms with E-state index in [0.717, 1.165) is 5.69 Å². The van der Waals surface area contributed by atoms with Crippen LogP contribution >= 0.6 is 23.2 Å². The molecule has 0 saturated carbocycles. The molecule has 0 atom stereocenters. The molecule has 1 amide bonds. The number of amides is 1. The van der Waals surface area contributed by atoms with E-state index in [-0.39, 0.29) is 0 Å². The van der Waals surface area contributed by atoms with Gasteiger partial charge in [0.1, 0.15) is 5.75 Å². The second kappa shape index (κ2) is 9.02. The molecule has 7 heteroatoms. The van der Waals surface area contributed by atoms with Gasteiger partial charge in [-0.05, 0) is 30.3 Å². The van der Waals surface area contributed by atoms with Crippen molar-refractivity contribution in [2.75, 3.05) is 19.5 Å². The summed E-state index contributed by atoms with van der Waals surface area (Å²) in [5.41, 5.74) is 6.50. The molecule has 0 heterocycles. The first kappa shape index (κ1) is 18.8. The van der Waals surface area contributed by atoms with Gasteiger partial charge in [0, 0.05) is 12.6 Å². The molecule has 122 valence electrons. The van der Waals surface area contributed by atoms with Gasteiger partial charge in [-0.3, -0.25) is 9.59 Å². The maximum absolute atomic E-state index is 10.7. The van der Waals surface area contributed by atoms with Crippen molar-refractivity contribution in [3.63, 3.8) is 0 Å². The Morgan fingerprint density at radius 2 is 1.96 bits per heavy atom. The average molecular weight is 355 g/mol. The highest BCUT2D eigenvalue weighted by atomic mass is 35.5. The normalized spacial score (nSPS) is 9.39. The van der Waals surface area contributed by atoms with Gasteiger partial charge >= 0.3 is 0 Å². The van der Waals surface area contributed by atoms with Crippen LogP contribution in [-0.2, 0) is 0 Å². The molecule has 0 aromatic heterocycles. The van der Waals surface area contributed by atoms with E-state index in [0.29, 0.717) is 33.2 Å². The number of benzene rings is 2. The maximum Gasteiger partial charge on any atom is 0.248 e. The van der Waals surface area contributed by atoms with E-state index in [9.17, 15) is 9.59 Å². The third kappa shape index (κ3) is 5.16. The number of rotatable bonds is 4. The predicted molar refractivity (Wildman–Crippen MR) is 92.9 cm³/mol. The summed E-state index contributed by atoms with van der Waals surface area (Å²) in [7, 11) is 3.25. The number of aldehydes is 1. The lowest BCUT2D eigenvalue weighted by Gasteiger charge is -2.03. The van der Waals surface area contributed by atoms with Crippen molar-refractivity contribution >= 4 is 41.1 Å². The van der Waals surface area contributed by atoms with Gasteiger partial charge in [0.15, 0.2) is 6.29 Å². The zero-order chi connectivity index (χ0) is 17.4. The summed E-state index contributed by atoms with van der Waals surface area (Å²) in [4.78, 5) is 21.3. The van der Waals surface area contributed by atoms with E-state index in [1.807, 2.05) is 12.1 Å². The number of hydrogen-bond acceptors (Lipinski definition) is 4. The topological polar surface area (TPSA) is 81.4 Å². The van der Waals surface area contributed by atoms with E-state index in [2.05, 4.69) is 5.32 Å². The largest absolute Gasteiger partial charge is 0.496 e. The van der Waals surface area contributed by atoms with Crippen LogP contribution in [0.25, 0.3) is 0 Å². The fraction of sp³-hybridized carbons (Fsp3) is 0.125. The Bertz CT molecular complexity index is 706. The quantitative estimate of drug-likeness (QED) is 0.821. The van der Waals surface area contributed by atoms with E-state index in [4.69, 9.17) is 33.7 Å². The minimum Gasteiger partial charge on any atom is -0.496 e. The average Bonchev–Trinajstić information content (AvgIpc) is 2.57. The van der Waals surface area contributed by atoms with Crippen LogP contribution in [-0.4, -0.2) is 26.4 Å². The number of ether oxygens (including phenoxy) is 1. The van der Waals surface area contributed by atoms with Crippen LogP contribution in [0.15, 0.2) is 36.4 Å². The Kier molecular flexibility index (Phi) is 7.38. The predicted octanol–water partition coefficient (Wildman–Crippen LogP) is 3.64. The second-order valence-corrected chi connectivity index (χ2v) is 5.08. The number of anilines is 1. The van der Waals surface area contributed by atoms with E-state index in [1.54, 1.807) is 13.1 Å². The minimum atomic E-state index is -0.564. The maximum atomic E-state index is 10.7. The molecule has 5 nitrogen and oxygen atoms in total. The molecule has 3 N–H and O–H groups in total. The minimum absolute atomic E-state index is 0.294. The lowest BCUT2D eigenvalue weighted by Crippen LogP contribution is -2.11. The Labute approximate surface area is 144 Å². The van der Waals surface area contributed by atoms with Gasteiger partial charge in [0.05, 0.1) is 28.4 Å². The van der Waals surface area contributed by atoms with Crippen LogP contribution in [0, 0.1) is 0 Å². The van der Waals surface area contributed by atoms with E-state index < -0.39 is 5.91 Å². The lowest BCUT2D eigenvalue weighted by atomic mass is 10.1. The molecule has 2 rings (SSSR count). The smallest absolute Gasteiger partial charge is 0.248 e. The van der Waals surface area contributed by atoms with Gasteiger partial charge in [0.25, 0.3) is 0 Å². The number of nitrogens with two attached hydrogens (primary N) is 1. The van der Waals surface area contributed by atoms with Crippen LogP contribution in [0.5, 0.6) is 5.75 Å². The van der Waals surface area contributed by atoms with Crippen LogP contribution in [0.4, 0.5) is 5.69 Å². The number of nitrogens with one attached hydrogen (secondary N) is 1. The third-order valence-electron chi connectivity index (χ3n) is 2.86. The molecule has 0 aliphatic carbocycles. The molecule has 23 heavy (non-hydrogen) atoms. The van der Waals surface area contributed by atoms with Crippen LogP contribution in [0.3, 0.4) is 0 Å². The number of methoxy groups -OCH3 is 1. The highest BCUT2D eigenvalue weighted by molar-refractivity contribution is 6.43. The molecule has 0 unspecified atom stereocenters. The Morgan fingerprint density at radius 1 is 1.26 bits per heavy atom. The molecular formula is C16H16Cl2N2O3. The number of halogens is 2. The molecule has 2 aromatic carbocycles. The first-order valence-electron chi connectivity index (χ1n) is 6.49. The van der Waals surface area contributed by atoms with Crippen LogP contribution < -0.4 is 15.8 Å². The molecule has 0 aliphatic heterocycles. The first-order valence-corrected chi connectivity index (χ1v) is 7.25. The zero-order valence-corrected chi connectivity index (χ0v) is 14.1. The molecule has 0 aliphatic rings. The summed E-state index contributed by atoms with van der Waals surface area (Å²) in [5.74, 6) is -0.134. The summed E-state index contributed by atoms with van der Waals surface area (Å²) in [5, 5.41) is 4.07. The SMILES string of the molecule is CNc1cccc(Cl)c1Cl.COc1ccc(C(N)=O)cc1C=O. The van der Waals surface area contributed by atoms with Crippen molar-refractivity contribution in [1.29, 1.82) is 0 Å². The summed E-state index contributed by atoms with van der Waals surface area (Å²) >= 11 is 11.5. The van der Waals surface area contributed by atoms with Gasteiger partial charge in [-0.2, -0.15) is 0 Å². The lowest BCUT2D eigenvalue weighted by molar-refractivity contribution is 0.1000.